The zero-order chi connectivity index (χ0) is 14.7. The highest BCUT2D eigenvalue weighted by Crippen LogP contribution is 2.15. The molecule has 4 heteroatoms. The summed E-state index contributed by atoms with van der Waals surface area (Å²) in [7, 11) is 0. The number of rotatable bonds is 3. The van der Waals surface area contributed by atoms with E-state index in [4.69, 9.17) is 10.5 Å². The number of nitrogens with zero attached hydrogens (tertiary/aromatic N) is 1. The third-order valence-electron chi connectivity index (χ3n) is 3.18. The first-order chi connectivity index (χ1) is 10.2. The molecule has 3 rings (SSSR count). The van der Waals surface area contributed by atoms with Crippen molar-refractivity contribution in [3.05, 3.63) is 71.9 Å². The number of aromatic nitrogens is 1. The highest BCUT2D eigenvalue weighted by Gasteiger charge is 2.07. The van der Waals surface area contributed by atoms with Crippen molar-refractivity contribution in [1.29, 1.82) is 0 Å². The summed E-state index contributed by atoms with van der Waals surface area (Å²) in [5, 5.41) is 1.03. The number of nitrogens with two attached hydrogens (primary N) is 1. The van der Waals surface area contributed by atoms with Crippen LogP contribution in [0.2, 0.25) is 0 Å². The second-order valence-corrected chi connectivity index (χ2v) is 4.73. The maximum Gasteiger partial charge on any atom is 0.338 e. The predicted molar refractivity (Wildman–Crippen MR) is 81.7 cm³/mol. The molecule has 1 aromatic heterocycles. The Bertz CT molecular complexity index is 782. The molecule has 0 aliphatic carbocycles. The Labute approximate surface area is 122 Å². The van der Waals surface area contributed by atoms with Crippen LogP contribution in [0.1, 0.15) is 15.9 Å². The molecule has 1 heterocycles. The Balaban J connectivity index is 1.71. The lowest BCUT2D eigenvalue weighted by molar-refractivity contribution is 0.0473. The summed E-state index contributed by atoms with van der Waals surface area (Å²) in [6.07, 6.45) is 1.75. The number of hydrogen-bond donors (Lipinski definition) is 1. The monoisotopic (exact) mass is 278 g/mol. The first-order valence-electron chi connectivity index (χ1n) is 6.59. The van der Waals surface area contributed by atoms with Crippen molar-refractivity contribution in [2.75, 3.05) is 5.73 Å². The average Bonchev–Trinajstić information content (AvgIpc) is 2.53. The molecular weight excluding hydrogens is 264 g/mol. The molecule has 0 bridgehead atoms. The van der Waals surface area contributed by atoms with E-state index in [1.165, 1.54) is 0 Å². The highest BCUT2D eigenvalue weighted by atomic mass is 16.5. The summed E-state index contributed by atoms with van der Waals surface area (Å²) in [6.45, 7) is 0.230. The molecule has 0 aliphatic heterocycles. The zero-order valence-electron chi connectivity index (χ0n) is 11.3. The molecule has 2 aromatic carbocycles. The topological polar surface area (TPSA) is 65.2 Å². The zero-order valence-corrected chi connectivity index (χ0v) is 11.3. The summed E-state index contributed by atoms with van der Waals surface area (Å²) in [4.78, 5) is 16.2. The molecule has 0 fully saturated rings. The molecule has 0 amide bonds. The molecule has 2 N–H and O–H groups in total. The summed E-state index contributed by atoms with van der Waals surface area (Å²) < 4.78 is 5.30. The van der Waals surface area contributed by atoms with Gasteiger partial charge in [-0.2, -0.15) is 0 Å². The Hall–Kier alpha value is -2.88. The van der Waals surface area contributed by atoms with Gasteiger partial charge in [0.15, 0.2) is 0 Å². The number of anilines is 1. The van der Waals surface area contributed by atoms with Gasteiger partial charge in [-0.3, -0.25) is 4.98 Å². The van der Waals surface area contributed by atoms with Gasteiger partial charge in [-0.05, 0) is 48.0 Å². The van der Waals surface area contributed by atoms with Crippen LogP contribution in [0.15, 0.2) is 60.8 Å². The number of benzene rings is 2. The van der Waals surface area contributed by atoms with E-state index in [0.717, 1.165) is 16.5 Å². The molecule has 21 heavy (non-hydrogen) atoms. The lowest BCUT2D eigenvalue weighted by Gasteiger charge is -2.06. The Morgan fingerprint density at radius 1 is 1.10 bits per heavy atom. The SMILES string of the molecule is Nc1ccc(C(=O)OCc2ccc3ncccc3c2)cc1. The second-order valence-electron chi connectivity index (χ2n) is 4.73. The fourth-order valence-electron chi connectivity index (χ4n) is 2.07. The summed E-state index contributed by atoms with van der Waals surface area (Å²) in [6, 6.07) is 16.3. The van der Waals surface area contributed by atoms with E-state index in [2.05, 4.69) is 4.98 Å². The minimum Gasteiger partial charge on any atom is -0.457 e. The second kappa shape index (κ2) is 5.63. The third-order valence-corrected chi connectivity index (χ3v) is 3.18. The van der Waals surface area contributed by atoms with Crippen molar-refractivity contribution < 1.29 is 9.53 Å². The number of carbonyl (C=O) groups excluding carboxylic acids is 1. The van der Waals surface area contributed by atoms with Crippen LogP contribution in [0, 0.1) is 0 Å². The van der Waals surface area contributed by atoms with Crippen LogP contribution >= 0.6 is 0 Å². The van der Waals surface area contributed by atoms with E-state index in [-0.39, 0.29) is 12.6 Å². The summed E-state index contributed by atoms with van der Waals surface area (Å²) in [5.74, 6) is -0.360. The number of pyridine rings is 1. The molecule has 104 valence electrons. The van der Waals surface area contributed by atoms with Crippen molar-refractivity contribution in [1.82, 2.24) is 4.98 Å². The number of hydrogen-bond acceptors (Lipinski definition) is 4. The fourth-order valence-corrected chi connectivity index (χ4v) is 2.07. The quantitative estimate of drug-likeness (QED) is 0.590. The lowest BCUT2D eigenvalue weighted by atomic mass is 10.1. The first kappa shape index (κ1) is 13.1. The van der Waals surface area contributed by atoms with E-state index < -0.39 is 0 Å². The van der Waals surface area contributed by atoms with Gasteiger partial charge >= 0.3 is 5.97 Å². The van der Waals surface area contributed by atoms with Crippen LogP contribution in [0.5, 0.6) is 0 Å². The maximum atomic E-state index is 11.9. The molecule has 0 unspecified atom stereocenters. The summed E-state index contributed by atoms with van der Waals surface area (Å²) >= 11 is 0. The van der Waals surface area contributed by atoms with Gasteiger partial charge in [0.2, 0.25) is 0 Å². The predicted octanol–water partition coefficient (Wildman–Crippen LogP) is 3.17. The smallest absolute Gasteiger partial charge is 0.338 e. The fraction of sp³-hybridized carbons (Fsp3) is 0.0588. The molecular formula is C17H14N2O2. The van der Waals surface area contributed by atoms with E-state index in [9.17, 15) is 4.79 Å². The largest absolute Gasteiger partial charge is 0.457 e. The van der Waals surface area contributed by atoms with Crippen LogP contribution in [0.4, 0.5) is 5.69 Å². The molecule has 0 saturated heterocycles. The van der Waals surface area contributed by atoms with E-state index >= 15 is 0 Å². The molecule has 0 radical (unpaired) electrons. The number of fused-ring (bicyclic) bond motifs is 1. The number of nitrogen functional groups attached to an aromatic ring is 1. The van der Waals surface area contributed by atoms with Gasteiger partial charge in [0.1, 0.15) is 6.61 Å². The van der Waals surface area contributed by atoms with Crippen LogP contribution in [0.3, 0.4) is 0 Å². The Kier molecular flexibility index (Phi) is 3.51. The van der Waals surface area contributed by atoms with Gasteiger partial charge < -0.3 is 10.5 Å². The first-order valence-corrected chi connectivity index (χ1v) is 6.59. The van der Waals surface area contributed by atoms with Crippen LogP contribution in [-0.4, -0.2) is 11.0 Å². The normalized spacial score (nSPS) is 10.5. The molecule has 0 spiro atoms. The number of carbonyl (C=O) groups is 1. The van der Waals surface area contributed by atoms with E-state index in [1.807, 2.05) is 30.3 Å². The van der Waals surface area contributed by atoms with Crippen molar-refractivity contribution >= 4 is 22.6 Å². The van der Waals surface area contributed by atoms with Gasteiger partial charge in [-0.15, -0.1) is 0 Å². The van der Waals surface area contributed by atoms with Gasteiger partial charge in [-0.1, -0.05) is 12.1 Å². The molecule has 4 nitrogen and oxygen atoms in total. The molecule has 0 saturated carbocycles. The van der Waals surface area contributed by atoms with E-state index in [0.29, 0.717) is 11.3 Å². The van der Waals surface area contributed by atoms with Gasteiger partial charge in [-0.25, -0.2) is 4.79 Å². The number of ether oxygens (including phenoxy) is 1. The van der Waals surface area contributed by atoms with Crippen molar-refractivity contribution in [3.63, 3.8) is 0 Å². The molecule has 3 aromatic rings. The van der Waals surface area contributed by atoms with Crippen molar-refractivity contribution in [2.24, 2.45) is 0 Å². The van der Waals surface area contributed by atoms with Crippen LogP contribution in [0.25, 0.3) is 10.9 Å². The Morgan fingerprint density at radius 3 is 2.71 bits per heavy atom. The van der Waals surface area contributed by atoms with Crippen LogP contribution < -0.4 is 5.73 Å². The minimum atomic E-state index is -0.360. The number of esters is 1. The molecule has 0 atom stereocenters. The van der Waals surface area contributed by atoms with Crippen molar-refractivity contribution in [2.45, 2.75) is 6.61 Å². The van der Waals surface area contributed by atoms with Gasteiger partial charge in [0, 0.05) is 17.3 Å². The van der Waals surface area contributed by atoms with Crippen LogP contribution in [-0.2, 0) is 11.3 Å². The van der Waals surface area contributed by atoms with Gasteiger partial charge in [0.25, 0.3) is 0 Å². The van der Waals surface area contributed by atoms with E-state index in [1.54, 1.807) is 30.5 Å². The Morgan fingerprint density at radius 2 is 1.90 bits per heavy atom. The van der Waals surface area contributed by atoms with Crippen molar-refractivity contribution in [3.8, 4) is 0 Å². The lowest BCUT2D eigenvalue weighted by Crippen LogP contribution is -2.05. The summed E-state index contributed by atoms with van der Waals surface area (Å²) in [5.41, 5.74) is 8.55. The average molecular weight is 278 g/mol. The minimum absolute atomic E-state index is 0.230. The van der Waals surface area contributed by atoms with Gasteiger partial charge in [0.05, 0.1) is 11.1 Å². The molecule has 0 aliphatic rings. The maximum absolute atomic E-state index is 11.9. The highest BCUT2D eigenvalue weighted by molar-refractivity contribution is 5.89. The third kappa shape index (κ3) is 3.00. The standard InChI is InChI=1S/C17H14N2O2/c18-15-6-4-13(5-7-15)17(20)21-11-12-3-8-16-14(10-12)2-1-9-19-16/h1-10H,11,18H2.